The molecule has 2 amide bonds. The van der Waals surface area contributed by atoms with Crippen LogP contribution in [0.5, 0.6) is 0 Å². The second kappa shape index (κ2) is 10.7. The molecule has 202 valence electrons. The molecule has 13 heteroatoms. The molecule has 2 aromatic heterocycles. The second-order valence-corrected chi connectivity index (χ2v) is 11.9. The molecule has 0 radical (unpaired) electrons. The van der Waals surface area contributed by atoms with Gasteiger partial charge in [0.2, 0.25) is 0 Å². The van der Waals surface area contributed by atoms with Gasteiger partial charge in [0.1, 0.15) is 16.8 Å². The van der Waals surface area contributed by atoms with Crippen molar-refractivity contribution in [2.24, 2.45) is 0 Å². The van der Waals surface area contributed by atoms with Gasteiger partial charge in [0.25, 0.3) is 0 Å². The van der Waals surface area contributed by atoms with Crippen molar-refractivity contribution in [3.63, 3.8) is 0 Å². The van der Waals surface area contributed by atoms with Crippen molar-refractivity contribution in [1.29, 1.82) is 0 Å². The summed E-state index contributed by atoms with van der Waals surface area (Å²) in [5.41, 5.74) is 1.70. The highest BCUT2D eigenvalue weighted by Crippen LogP contribution is 2.53. The fraction of sp³-hybridized carbons (Fsp3) is 0.440. The van der Waals surface area contributed by atoms with E-state index in [9.17, 15) is 18.3 Å². The molecular formula is C25H30N6O6S. The first-order valence-electron chi connectivity index (χ1n) is 12.5. The fourth-order valence-electron chi connectivity index (χ4n) is 4.56. The molecule has 2 fully saturated rings. The van der Waals surface area contributed by atoms with Gasteiger partial charge in [-0.25, -0.2) is 23.2 Å². The average Bonchev–Trinajstić information content (AvgIpc) is 3.60. The monoisotopic (exact) mass is 542 g/mol. The minimum Gasteiger partial charge on any atom is -0.396 e. The Morgan fingerprint density at radius 1 is 1.18 bits per heavy atom. The van der Waals surface area contributed by atoms with Gasteiger partial charge in [-0.3, -0.25) is 5.32 Å². The van der Waals surface area contributed by atoms with Gasteiger partial charge in [0, 0.05) is 36.5 Å². The van der Waals surface area contributed by atoms with Gasteiger partial charge in [-0.05, 0) is 50.5 Å². The molecule has 0 bridgehead atoms. The van der Waals surface area contributed by atoms with Gasteiger partial charge < -0.3 is 24.6 Å². The number of nitrogens with one attached hydrogen (secondary N) is 2. The highest BCUT2D eigenvalue weighted by Gasteiger charge is 2.56. The summed E-state index contributed by atoms with van der Waals surface area (Å²) in [7, 11) is -3.53. The molecule has 12 nitrogen and oxygen atoms in total. The average molecular weight is 543 g/mol. The Morgan fingerprint density at radius 2 is 1.97 bits per heavy atom. The smallest absolute Gasteiger partial charge is 0.324 e. The summed E-state index contributed by atoms with van der Waals surface area (Å²) in [6.07, 6.45) is 2.51. The van der Waals surface area contributed by atoms with Crippen LogP contribution >= 0.6 is 0 Å². The molecule has 38 heavy (non-hydrogen) atoms. The van der Waals surface area contributed by atoms with Crippen LogP contribution in [-0.4, -0.2) is 72.8 Å². The molecule has 3 heterocycles. The number of nitrogens with zero attached hydrogens (tertiary/aromatic N) is 4. The fourth-order valence-corrected chi connectivity index (χ4v) is 6.61. The van der Waals surface area contributed by atoms with Crippen LogP contribution in [0.15, 0.2) is 47.2 Å². The number of rotatable bonds is 9. The third kappa shape index (κ3) is 5.35. The zero-order valence-electron chi connectivity index (χ0n) is 21.0. The van der Waals surface area contributed by atoms with Gasteiger partial charge in [-0.1, -0.05) is 5.16 Å². The van der Waals surface area contributed by atoms with Gasteiger partial charge in [-0.15, -0.1) is 0 Å². The van der Waals surface area contributed by atoms with Crippen LogP contribution in [0.4, 0.5) is 22.1 Å². The first-order chi connectivity index (χ1) is 18.3. The van der Waals surface area contributed by atoms with Crippen molar-refractivity contribution in [1.82, 2.24) is 15.1 Å². The number of aliphatic hydroxyl groups is 1. The van der Waals surface area contributed by atoms with E-state index in [1.54, 1.807) is 30.3 Å². The van der Waals surface area contributed by atoms with Crippen LogP contribution in [0, 0.1) is 0 Å². The Balaban J connectivity index is 1.45. The zero-order chi connectivity index (χ0) is 26.8. The Hall–Kier alpha value is -3.55. The van der Waals surface area contributed by atoms with Crippen LogP contribution in [-0.2, 0) is 19.3 Å². The molecule has 0 spiro atoms. The lowest BCUT2D eigenvalue weighted by Gasteiger charge is -2.34. The molecule has 1 saturated carbocycles. The molecule has 2 aliphatic rings. The molecule has 1 aliphatic carbocycles. The van der Waals surface area contributed by atoms with E-state index in [0.29, 0.717) is 61.2 Å². The van der Waals surface area contributed by atoms with Crippen molar-refractivity contribution in [3.8, 4) is 11.4 Å². The van der Waals surface area contributed by atoms with Crippen molar-refractivity contribution in [2.75, 3.05) is 47.7 Å². The lowest BCUT2D eigenvalue weighted by Crippen LogP contribution is -2.44. The van der Waals surface area contributed by atoms with E-state index in [2.05, 4.69) is 20.7 Å². The minimum absolute atomic E-state index is 0.0651. The van der Waals surface area contributed by atoms with E-state index >= 15 is 0 Å². The minimum atomic E-state index is -3.53. The van der Waals surface area contributed by atoms with E-state index in [0.717, 1.165) is 0 Å². The SMILES string of the molecule is C[C@H]1COCCN1c1cc(C2(S(=O)(=O)CCCO)CC2)nc(-c2ccc(NC(=O)Nc3ccon3)cc2)n1. The maximum absolute atomic E-state index is 13.3. The normalized spacial score (nSPS) is 18.7. The molecule has 1 aliphatic heterocycles. The summed E-state index contributed by atoms with van der Waals surface area (Å²) in [4.78, 5) is 23.9. The van der Waals surface area contributed by atoms with E-state index in [1.807, 2.05) is 6.92 Å². The maximum Gasteiger partial charge on any atom is 0.324 e. The van der Waals surface area contributed by atoms with Crippen LogP contribution in [0.3, 0.4) is 0 Å². The molecule has 5 rings (SSSR count). The number of morpholine rings is 1. The predicted molar refractivity (Wildman–Crippen MR) is 141 cm³/mol. The second-order valence-electron chi connectivity index (χ2n) is 9.48. The first kappa shape index (κ1) is 26.1. The van der Waals surface area contributed by atoms with E-state index in [1.165, 1.54) is 12.3 Å². The zero-order valence-corrected chi connectivity index (χ0v) is 21.8. The Morgan fingerprint density at radius 3 is 2.63 bits per heavy atom. The van der Waals surface area contributed by atoms with Crippen molar-refractivity contribution in [3.05, 3.63) is 48.4 Å². The molecular weight excluding hydrogens is 512 g/mol. The van der Waals surface area contributed by atoms with Crippen LogP contribution in [0.2, 0.25) is 0 Å². The van der Waals surface area contributed by atoms with Gasteiger partial charge in [0.05, 0.1) is 30.7 Å². The van der Waals surface area contributed by atoms with Gasteiger partial charge in [0.15, 0.2) is 21.5 Å². The molecule has 3 N–H and O–H groups in total. The number of anilines is 3. The number of amides is 2. The number of hydrogen-bond acceptors (Lipinski definition) is 10. The van der Waals surface area contributed by atoms with E-state index < -0.39 is 20.6 Å². The number of aliphatic hydroxyl groups excluding tert-OH is 1. The number of benzene rings is 1. The number of carbonyl (C=O) groups excluding carboxylic acids is 1. The highest BCUT2D eigenvalue weighted by atomic mass is 32.2. The van der Waals surface area contributed by atoms with Crippen LogP contribution in [0.25, 0.3) is 11.4 Å². The summed E-state index contributed by atoms with van der Waals surface area (Å²) in [6, 6.07) is 9.89. The van der Waals surface area contributed by atoms with E-state index in [-0.39, 0.29) is 30.6 Å². The van der Waals surface area contributed by atoms with Crippen LogP contribution in [0.1, 0.15) is 31.9 Å². The number of urea groups is 1. The van der Waals surface area contributed by atoms with E-state index in [4.69, 9.17) is 19.2 Å². The first-order valence-corrected chi connectivity index (χ1v) is 14.1. The molecule has 1 atom stereocenters. The largest absolute Gasteiger partial charge is 0.396 e. The molecule has 3 aromatic rings. The number of ether oxygens (including phenoxy) is 1. The Labute approximate surface area is 220 Å². The molecule has 0 unspecified atom stereocenters. The number of sulfone groups is 1. The molecule has 1 saturated heterocycles. The summed E-state index contributed by atoms with van der Waals surface area (Å²) in [5, 5.41) is 18.1. The predicted octanol–water partition coefficient (Wildman–Crippen LogP) is 2.79. The highest BCUT2D eigenvalue weighted by molar-refractivity contribution is 7.92. The molecule has 1 aromatic carbocycles. The van der Waals surface area contributed by atoms with Crippen LogP contribution < -0.4 is 15.5 Å². The third-order valence-electron chi connectivity index (χ3n) is 6.79. The number of aromatic nitrogens is 3. The Bertz CT molecular complexity index is 1380. The summed E-state index contributed by atoms with van der Waals surface area (Å²) in [6.45, 7) is 3.58. The Kier molecular flexibility index (Phi) is 7.32. The number of hydrogen-bond donors (Lipinski definition) is 3. The van der Waals surface area contributed by atoms with Crippen molar-refractivity contribution >= 4 is 33.2 Å². The summed E-state index contributed by atoms with van der Waals surface area (Å²) >= 11 is 0. The summed E-state index contributed by atoms with van der Waals surface area (Å²) < 4.78 is 35.8. The number of carbonyl (C=O) groups is 1. The standard InChI is InChI=1S/C25H30N6O6S/c1-17-16-36-13-10-31(17)22-15-20(25(8-9-25)38(34,35)14-2-11-32)27-23(29-22)18-3-5-19(6-4-18)26-24(33)28-21-7-12-37-30-21/h3-7,12,15,17,32H,2,8-11,13-14,16H2,1H3,(H2,26,28,30,33)/t17-/m0/s1. The third-order valence-corrected chi connectivity index (χ3v) is 9.43. The summed E-state index contributed by atoms with van der Waals surface area (Å²) in [5.74, 6) is 1.25. The van der Waals surface area contributed by atoms with Gasteiger partial charge in [-0.2, -0.15) is 0 Å². The maximum atomic E-state index is 13.3. The lowest BCUT2D eigenvalue weighted by atomic mass is 10.1. The van der Waals surface area contributed by atoms with Crippen molar-refractivity contribution < 1.29 is 27.6 Å². The lowest BCUT2D eigenvalue weighted by molar-refractivity contribution is 0.0985. The van der Waals surface area contributed by atoms with Crippen molar-refractivity contribution in [2.45, 2.75) is 37.0 Å². The topological polar surface area (TPSA) is 160 Å². The quantitative estimate of drug-likeness (QED) is 0.367. The van der Waals surface area contributed by atoms with Gasteiger partial charge >= 0.3 is 6.03 Å².